The topological polar surface area (TPSA) is 44.0 Å². The lowest BCUT2D eigenvalue weighted by molar-refractivity contribution is -0.607. The summed E-state index contributed by atoms with van der Waals surface area (Å²) in [5, 5.41) is 11.3. The van der Waals surface area contributed by atoms with Crippen LogP contribution in [0.25, 0.3) is 6.08 Å². The second kappa shape index (κ2) is 5.07. The van der Waals surface area contributed by atoms with Crippen LogP contribution in [0.2, 0.25) is 0 Å². The maximum Gasteiger partial charge on any atom is 0.264 e. The molecular weight excluding hydrogens is 214 g/mol. The van der Waals surface area contributed by atoms with E-state index in [4.69, 9.17) is 0 Å². The highest BCUT2D eigenvalue weighted by Crippen LogP contribution is 2.02. The zero-order chi connectivity index (χ0) is 12.1. The van der Waals surface area contributed by atoms with Crippen LogP contribution in [0.3, 0.4) is 0 Å². The van der Waals surface area contributed by atoms with Crippen molar-refractivity contribution in [2.24, 2.45) is 0 Å². The standard InChI is InChI=1S/C14H11NO2/c16-14(13-8-4-5-11-15(13)17)10-9-12-6-2-1-3-7-12/h1-11H. The van der Waals surface area contributed by atoms with Crippen molar-refractivity contribution >= 4 is 11.9 Å². The van der Waals surface area contributed by atoms with Crippen molar-refractivity contribution in [2.45, 2.75) is 0 Å². The minimum absolute atomic E-state index is 0.125. The first-order valence-corrected chi connectivity index (χ1v) is 5.23. The number of pyridine rings is 1. The fourth-order valence-electron chi connectivity index (χ4n) is 1.44. The number of carbonyl (C=O) groups excluding carboxylic acids is 1. The summed E-state index contributed by atoms with van der Waals surface area (Å²) in [6, 6.07) is 14.2. The third kappa shape index (κ3) is 2.78. The molecule has 0 unspecified atom stereocenters. The Balaban J connectivity index is 2.18. The Bertz CT molecular complexity index is 547. The summed E-state index contributed by atoms with van der Waals surface area (Å²) in [6.45, 7) is 0. The number of allylic oxidation sites excluding steroid dienone is 1. The third-order valence-corrected chi connectivity index (χ3v) is 2.30. The number of nitrogens with zero attached hydrogens (tertiary/aromatic N) is 1. The number of hydrogen-bond donors (Lipinski definition) is 0. The summed E-state index contributed by atoms with van der Waals surface area (Å²) in [7, 11) is 0. The molecule has 0 aliphatic carbocycles. The molecule has 0 bridgehead atoms. The molecule has 0 saturated heterocycles. The van der Waals surface area contributed by atoms with Crippen LogP contribution in [0.4, 0.5) is 0 Å². The van der Waals surface area contributed by atoms with Gasteiger partial charge in [-0.05, 0) is 17.7 Å². The van der Waals surface area contributed by atoms with Crippen LogP contribution < -0.4 is 4.73 Å². The molecule has 17 heavy (non-hydrogen) atoms. The predicted octanol–water partition coefficient (Wildman–Crippen LogP) is 2.22. The minimum atomic E-state index is -0.301. The molecule has 0 fully saturated rings. The summed E-state index contributed by atoms with van der Waals surface area (Å²) < 4.78 is 0.567. The van der Waals surface area contributed by atoms with Gasteiger partial charge in [0.1, 0.15) is 0 Å². The van der Waals surface area contributed by atoms with E-state index in [1.165, 1.54) is 18.3 Å². The lowest BCUT2D eigenvalue weighted by Crippen LogP contribution is -2.33. The molecule has 0 N–H and O–H groups in total. The fraction of sp³-hybridized carbons (Fsp3) is 0. The average molecular weight is 225 g/mol. The van der Waals surface area contributed by atoms with Crippen LogP contribution in [-0.4, -0.2) is 5.78 Å². The Hall–Kier alpha value is -2.42. The first kappa shape index (κ1) is 11.1. The van der Waals surface area contributed by atoms with Gasteiger partial charge in [0, 0.05) is 12.1 Å². The fourth-order valence-corrected chi connectivity index (χ4v) is 1.44. The summed E-state index contributed by atoms with van der Waals surface area (Å²) in [6.07, 6.45) is 4.40. The first-order valence-electron chi connectivity index (χ1n) is 5.23. The number of benzene rings is 1. The molecule has 0 radical (unpaired) electrons. The highest BCUT2D eigenvalue weighted by Gasteiger charge is 2.10. The highest BCUT2D eigenvalue weighted by atomic mass is 16.5. The molecule has 1 aromatic carbocycles. The maximum absolute atomic E-state index is 11.7. The summed E-state index contributed by atoms with van der Waals surface area (Å²) in [4.78, 5) is 11.7. The van der Waals surface area contributed by atoms with Gasteiger partial charge in [-0.25, -0.2) is 0 Å². The van der Waals surface area contributed by atoms with Crippen molar-refractivity contribution in [1.29, 1.82) is 0 Å². The second-order valence-corrected chi connectivity index (χ2v) is 3.52. The van der Waals surface area contributed by atoms with E-state index >= 15 is 0 Å². The van der Waals surface area contributed by atoms with Crippen LogP contribution >= 0.6 is 0 Å². The summed E-state index contributed by atoms with van der Waals surface area (Å²) >= 11 is 0. The molecule has 0 spiro atoms. The number of hydrogen-bond acceptors (Lipinski definition) is 2. The van der Waals surface area contributed by atoms with Crippen LogP contribution in [0.15, 0.2) is 60.8 Å². The molecular formula is C14H11NO2. The van der Waals surface area contributed by atoms with Crippen molar-refractivity contribution in [2.75, 3.05) is 0 Å². The lowest BCUT2D eigenvalue weighted by Gasteiger charge is -1.99. The zero-order valence-electron chi connectivity index (χ0n) is 9.11. The predicted molar refractivity (Wildman–Crippen MR) is 65.2 cm³/mol. The Morgan fingerprint density at radius 1 is 1.06 bits per heavy atom. The van der Waals surface area contributed by atoms with Crippen LogP contribution in [0.1, 0.15) is 16.1 Å². The molecule has 0 aliphatic heterocycles. The molecule has 1 heterocycles. The van der Waals surface area contributed by atoms with E-state index in [0.29, 0.717) is 4.73 Å². The van der Waals surface area contributed by atoms with Crippen molar-refractivity contribution < 1.29 is 9.52 Å². The molecule has 3 heteroatoms. The molecule has 0 amide bonds. The Morgan fingerprint density at radius 3 is 2.47 bits per heavy atom. The lowest BCUT2D eigenvalue weighted by atomic mass is 10.1. The average Bonchev–Trinajstić information content (AvgIpc) is 2.38. The van der Waals surface area contributed by atoms with E-state index in [0.717, 1.165) is 5.56 Å². The Kier molecular flexibility index (Phi) is 3.31. The Morgan fingerprint density at radius 2 is 1.76 bits per heavy atom. The number of rotatable bonds is 3. The van der Waals surface area contributed by atoms with E-state index in [9.17, 15) is 10.0 Å². The summed E-state index contributed by atoms with van der Waals surface area (Å²) in [5.74, 6) is -0.301. The van der Waals surface area contributed by atoms with Crippen molar-refractivity contribution in [3.63, 3.8) is 0 Å². The molecule has 0 atom stereocenters. The van der Waals surface area contributed by atoms with Crippen LogP contribution in [-0.2, 0) is 0 Å². The van der Waals surface area contributed by atoms with Gasteiger partial charge in [0.2, 0.25) is 0 Å². The molecule has 84 valence electrons. The second-order valence-electron chi connectivity index (χ2n) is 3.52. The number of carbonyl (C=O) groups is 1. The largest absolute Gasteiger partial charge is 0.618 e. The minimum Gasteiger partial charge on any atom is -0.618 e. The van der Waals surface area contributed by atoms with Gasteiger partial charge < -0.3 is 5.21 Å². The SMILES string of the molecule is O=C(C=Cc1ccccc1)c1cccc[n+]1[O-]. The molecule has 0 saturated carbocycles. The van der Waals surface area contributed by atoms with E-state index in [-0.39, 0.29) is 11.5 Å². The van der Waals surface area contributed by atoms with E-state index in [1.54, 1.807) is 18.2 Å². The monoisotopic (exact) mass is 225 g/mol. The summed E-state index contributed by atoms with van der Waals surface area (Å²) in [5.41, 5.74) is 1.05. The van der Waals surface area contributed by atoms with Gasteiger partial charge in [-0.2, -0.15) is 4.73 Å². The van der Waals surface area contributed by atoms with Gasteiger partial charge in [0.15, 0.2) is 6.20 Å². The molecule has 2 aromatic rings. The van der Waals surface area contributed by atoms with Crippen molar-refractivity contribution in [1.82, 2.24) is 0 Å². The van der Waals surface area contributed by atoms with Gasteiger partial charge in [0.05, 0.1) is 0 Å². The molecule has 3 nitrogen and oxygen atoms in total. The Labute approximate surface area is 99.2 Å². The van der Waals surface area contributed by atoms with Gasteiger partial charge in [-0.15, -0.1) is 0 Å². The quantitative estimate of drug-likeness (QED) is 0.348. The van der Waals surface area contributed by atoms with Gasteiger partial charge in [0.25, 0.3) is 11.5 Å². The highest BCUT2D eigenvalue weighted by molar-refractivity contribution is 6.04. The van der Waals surface area contributed by atoms with E-state index in [1.807, 2.05) is 30.3 Å². The molecule has 0 aliphatic rings. The third-order valence-electron chi connectivity index (χ3n) is 2.30. The maximum atomic E-state index is 11.7. The first-order chi connectivity index (χ1) is 8.27. The van der Waals surface area contributed by atoms with Gasteiger partial charge in [-0.1, -0.05) is 36.4 Å². The van der Waals surface area contributed by atoms with E-state index in [2.05, 4.69) is 0 Å². The number of aromatic nitrogens is 1. The van der Waals surface area contributed by atoms with Crippen molar-refractivity contribution in [3.8, 4) is 0 Å². The number of ketones is 1. The molecule has 2 rings (SSSR count). The van der Waals surface area contributed by atoms with Gasteiger partial charge >= 0.3 is 0 Å². The zero-order valence-corrected chi connectivity index (χ0v) is 9.11. The van der Waals surface area contributed by atoms with Crippen molar-refractivity contribution in [3.05, 3.63) is 77.3 Å². The smallest absolute Gasteiger partial charge is 0.264 e. The van der Waals surface area contributed by atoms with Crippen LogP contribution in [0.5, 0.6) is 0 Å². The normalized spacial score (nSPS) is 10.6. The van der Waals surface area contributed by atoms with E-state index < -0.39 is 0 Å². The molecule has 1 aromatic heterocycles. The van der Waals surface area contributed by atoms with Crippen LogP contribution in [0, 0.1) is 5.21 Å². The van der Waals surface area contributed by atoms with Gasteiger partial charge in [-0.3, -0.25) is 4.79 Å².